The molecule has 0 bridgehead atoms. The van der Waals surface area contributed by atoms with Crippen LogP contribution in [0.25, 0.3) is 0 Å². The molecule has 0 aliphatic carbocycles. The number of carbonyl (C=O) groups is 1. The van der Waals surface area contributed by atoms with Gasteiger partial charge in [0, 0.05) is 32.5 Å². The molecule has 2 rings (SSSR count). The molecule has 0 spiro atoms. The first kappa shape index (κ1) is 12.8. The van der Waals surface area contributed by atoms with Crippen LogP contribution in [0.4, 0.5) is 0 Å². The van der Waals surface area contributed by atoms with Gasteiger partial charge in [0.15, 0.2) is 0 Å². The number of H-pyrrole nitrogens is 1. The number of aromatic nitrogens is 1. The molecule has 0 saturated carbocycles. The third-order valence-electron chi connectivity index (χ3n) is 3.47. The van der Waals surface area contributed by atoms with Gasteiger partial charge in [0.2, 0.25) is 5.56 Å². The third-order valence-corrected chi connectivity index (χ3v) is 3.47. The molecule has 2 heterocycles. The fourth-order valence-electron chi connectivity index (χ4n) is 2.27. The van der Waals surface area contributed by atoms with Gasteiger partial charge in [-0.25, -0.2) is 0 Å². The highest BCUT2D eigenvalue weighted by Gasteiger charge is 2.33. The van der Waals surface area contributed by atoms with Crippen molar-refractivity contribution in [2.75, 3.05) is 20.2 Å². The van der Waals surface area contributed by atoms with Crippen molar-refractivity contribution in [3.8, 4) is 0 Å². The van der Waals surface area contributed by atoms with Crippen molar-refractivity contribution in [2.24, 2.45) is 0 Å². The second-order valence-corrected chi connectivity index (χ2v) is 4.93. The SMILES string of the molecule is COC1(C)CCCN(C(=O)c2ccc(=O)[nH]c2)C1. The minimum Gasteiger partial charge on any atom is -0.377 e. The zero-order valence-electron chi connectivity index (χ0n) is 10.7. The number of nitrogens with one attached hydrogen (secondary N) is 1. The lowest BCUT2D eigenvalue weighted by atomic mass is 9.94. The van der Waals surface area contributed by atoms with Gasteiger partial charge in [-0.1, -0.05) is 0 Å². The van der Waals surface area contributed by atoms with Crippen LogP contribution in [0, 0.1) is 0 Å². The molecule has 1 N–H and O–H groups in total. The van der Waals surface area contributed by atoms with Gasteiger partial charge in [0.1, 0.15) is 0 Å². The monoisotopic (exact) mass is 250 g/mol. The molecule has 1 saturated heterocycles. The Morgan fingerprint density at radius 1 is 1.50 bits per heavy atom. The number of methoxy groups -OCH3 is 1. The van der Waals surface area contributed by atoms with Crippen LogP contribution >= 0.6 is 0 Å². The lowest BCUT2D eigenvalue weighted by molar-refractivity contribution is -0.0440. The van der Waals surface area contributed by atoms with Gasteiger partial charge in [-0.3, -0.25) is 9.59 Å². The highest BCUT2D eigenvalue weighted by Crippen LogP contribution is 2.24. The number of amides is 1. The van der Waals surface area contributed by atoms with Crippen LogP contribution in [0.3, 0.4) is 0 Å². The van der Waals surface area contributed by atoms with Crippen molar-refractivity contribution in [3.05, 3.63) is 34.2 Å². The molecule has 1 aliphatic heterocycles. The summed E-state index contributed by atoms with van der Waals surface area (Å²) in [7, 11) is 1.67. The third kappa shape index (κ3) is 2.61. The Morgan fingerprint density at radius 2 is 2.28 bits per heavy atom. The zero-order valence-corrected chi connectivity index (χ0v) is 10.7. The summed E-state index contributed by atoms with van der Waals surface area (Å²) in [4.78, 5) is 27.5. The Bertz CT molecular complexity index is 477. The maximum Gasteiger partial charge on any atom is 0.255 e. The summed E-state index contributed by atoms with van der Waals surface area (Å²) in [6, 6.07) is 2.92. The summed E-state index contributed by atoms with van der Waals surface area (Å²) >= 11 is 0. The first-order valence-electron chi connectivity index (χ1n) is 6.07. The molecule has 0 aromatic carbocycles. The van der Waals surface area contributed by atoms with Crippen LogP contribution in [-0.4, -0.2) is 41.6 Å². The molecule has 1 aliphatic rings. The number of aromatic amines is 1. The molecule has 1 aromatic rings. The summed E-state index contributed by atoms with van der Waals surface area (Å²) in [5.41, 5.74) is 0.0395. The van der Waals surface area contributed by atoms with E-state index in [1.54, 1.807) is 18.1 Å². The standard InChI is InChI=1S/C13H18N2O3/c1-13(18-2)6-3-7-15(9-13)12(17)10-4-5-11(16)14-8-10/h4-5,8H,3,6-7,9H2,1-2H3,(H,14,16). The summed E-state index contributed by atoms with van der Waals surface area (Å²) in [5, 5.41) is 0. The number of pyridine rings is 1. The smallest absolute Gasteiger partial charge is 0.255 e. The summed E-state index contributed by atoms with van der Waals surface area (Å²) in [6.07, 6.45) is 3.35. The highest BCUT2D eigenvalue weighted by atomic mass is 16.5. The van der Waals surface area contributed by atoms with E-state index in [1.807, 2.05) is 6.92 Å². The molecule has 1 fully saturated rings. The zero-order chi connectivity index (χ0) is 13.2. The molecular formula is C13H18N2O3. The largest absolute Gasteiger partial charge is 0.377 e. The molecule has 1 atom stereocenters. The van der Waals surface area contributed by atoms with Gasteiger partial charge < -0.3 is 14.6 Å². The van der Waals surface area contributed by atoms with Gasteiger partial charge >= 0.3 is 0 Å². The van der Waals surface area contributed by atoms with Crippen LogP contribution in [0.15, 0.2) is 23.1 Å². The Labute approximate surface area is 106 Å². The van der Waals surface area contributed by atoms with E-state index in [0.29, 0.717) is 12.1 Å². The van der Waals surface area contributed by atoms with Crippen LogP contribution in [0.1, 0.15) is 30.1 Å². The van der Waals surface area contributed by atoms with E-state index in [-0.39, 0.29) is 17.1 Å². The Morgan fingerprint density at radius 3 is 2.89 bits per heavy atom. The average Bonchev–Trinajstić information content (AvgIpc) is 2.39. The van der Waals surface area contributed by atoms with Gasteiger partial charge in [-0.05, 0) is 25.8 Å². The minimum atomic E-state index is -0.268. The van der Waals surface area contributed by atoms with Crippen molar-refractivity contribution in [1.82, 2.24) is 9.88 Å². The van der Waals surface area contributed by atoms with Crippen molar-refractivity contribution in [1.29, 1.82) is 0 Å². The van der Waals surface area contributed by atoms with E-state index in [0.717, 1.165) is 19.4 Å². The molecule has 5 nitrogen and oxygen atoms in total. The Hall–Kier alpha value is -1.62. The van der Waals surface area contributed by atoms with Crippen LogP contribution in [-0.2, 0) is 4.74 Å². The Kier molecular flexibility index (Phi) is 3.52. The van der Waals surface area contributed by atoms with E-state index in [4.69, 9.17) is 4.74 Å². The van der Waals surface area contributed by atoms with Gasteiger partial charge in [0.05, 0.1) is 11.2 Å². The maximum atomic E-state index is 12.3. The van der Waals surface area contributed by atoms with Crippen LogP contribution in [0.5, 0.6) is 0 Å². The number of piperidine rings is 1. The Balaban J connectivity index is 2.14. The molecule has 98 valence electrons. The van der Waals surface area contributed by atoms with Crippen molar-refractivity contribution in [2.45, 2.75) is 25.4 Å². The summed E-state index contributed by atoms with van der Waals surface area (Å²) < 4.78 is 5.46. The van der Waals surface area contributed by atoms with E-state index in [2.05, 4.69) is 4.98 Å². The van der Waals surface area contributed by atoms with Crippen molar-refractivity contribution in [3.63, 3.8) is 0 Å². The van der Waals surface area contributed by atoms with E-state index in [1.165, 1.54) is 12.3 Å². The van der Waals surface area contributed by atoms with E-state index < -0.39 is 0 Å². The number of hydrogen-bond donors (Lipinski definition) is 1. The van der Waals surface area contributed by atoms with Gasteiger partial charge in [0.25, 0.3) is 5.91 Å². The second-order valence-electron chi connectivity index (χ2n) is 4.93. The summed E-state index contributed by atoms with van der Waals surface area (Å²) in [5.74, 6) is -0.0609. The lowest BCUT2D eigenvalue weighted by Crippen LogP contribution is -2.49. The first-order chi connectivity index (χ1) is 8.54. The van der Waals surface area contributed by atoms with E-state index >= 15 is 0 Å². The number of ether oxygens (including phenoxy) is 1. The van der Waals surface area contributed by atoms with Crippen LogP contribution < -0.4 is 5.56 Å². The van der Waals surface area contributed by atoms with Crippen molar-refractivity contribution >= 4 is 5.91 Å². The molecule has 0 radical (unpaired) electrons. The van der Waals surface area contributed by atoms with E-state index in [9.17, 15) is 9.59 Å². The van der Waals surface area contributed by atoms with Crippen LogP contribution in [0.2, 0.25) is 0 Å². The first-order valence-corrected chi connectivity index (χ1v) is 6.07. The molecular weight excluding hydrogens is 232 g/mol. The topological polar surface area (TPSA) is 62.4 Å². The normalized spacial score (nSPS) is 24.0. The highest BCUT2D eigenvalue weighted by molar-refractivity contribution is 5.94. The number of rotatable bonds is 2. The maximum absolute atomic E-state index is 12.3. The fourth-order valence-corrected chi connectivity index (χ4v) is 2.27. The number of hydrogen-bond acceptors (Lipinski definition) is 3. The number of nitrogens with zero attached hydrogens (tertiary/aromatic N) is 1. The molecule has 1 aromatic heterocycles. The average molecular weight is 250 g/mol. The molecule has 1 unspecified atom stereocenters. The predicted octanol–water partition coefficient (Wildman–Crippen LogP) is 1.02. The molecule has 1 amide bonds. The van der Waals surface area contributed by atoms with Gasteiger partial charge in [-0.15, -0.1) is 0 Å². The predicted molar refractivity (Wildman–Crippen MR) is 67.6 cm³/mol. The van der Waals surface area contributed by atoms with Gasteiger partial charge in [-0.2, -0.15) is 0 Å². The molecule has 18 heavy (non-hydrogen) atoms. The fraction of sp³-hybridized carbons (Fsp3) is 0.538. The number of carbonyl (C=O) groups excluding carboxylic acids is 1. The minimum absolute atomic E-state index is 0.0609. The lowest BCUT2D eigenvalue weighted by Gasteiger charge is -2.39. The van der Waals surface area contributed by atoms with Crippen molar-refractivity contribution < 1.29 is 9.53 Å². The summed E-state index contributed by atoms with van der Waals surface area (Å²) in [6.45, 7) is 3.33. The second kappa shape index (κ2) is 4.94. The number of likely N-dealkylation sites (tertiary alicyclic amines) is 1. The quantitative estimate of drug-likeness (QED) is 0.852. The molecule has 5 heteroatoms.